The van der Waals surface area contributed by atoms with Crippen LogP contribution in [0.1, 0.15) is 73.5 Å². The zero-order valence-electron chi connectivity index (χ0n) is 17.1. The van der Waals surface area contributed by atoms with Gasteiger partial charge in [-0.25, -0.2) is 8.42 Å². The highest BCUT2D eigenvalue weighted by atomic mass is 35.5. The number of carbonyl (C=O) groups is 1. The van der Waals surface area contributed by atoms with Crippen molar-refractivity contribution in [3.63, 3.8) is 0 Å². The molecule has 0 aromatic carbocycles. The molecular weight excluding hydrogens is 428 g/mol. The van der Waals surface area contributed by atoms with Gasteiger partial charge in [0.05, 0.1) is 5.75 Å². The first-order valence-corrected chi connectivity index (χ1v) is 12.6. The van der Waals surface area contributed by atoms with Gasteiger partial charge in [0.15, 0.2) is 5.69 Å². The lowest BCUT2D eigenvalue weighted by atomic mass is 9.99. The standard InChI is InChI=1S/C20H30N4O4S.ClH/c25-20(18-11-19(28-23-18)14-1-2-14)22-15-9-16-3-4-17(10-15)24(16)29(26,27)12-13-5-7-21-8-6-13;/h11,13-17,21H,1-10,12H2,(H,22,25);1H/t15?,16-,17+;. The molecule has 1 amide bonds. The number of carbonyl (C=O) groups excluding carboxylic acids is 1. The molecule has 168 valence electrons. The molecule has 3 atom stereocenters. The molecule has 1 aliphatic carbocycles. The molecule has 0 radical (unpaired) electrons. The number of nitrogens with zero attached hydrogens (tertiary/aromatic N) is 2. The number of hydrogen-bond donors (Lipinski definition) is 2. The summed E-state index contributed by atoms with van der Waals surface area (Å²) in [6.45, 7) is 1.82. The van der Waals surface area contributed by atoms with Crippen LogP contribution < -0.4 is 10.6 Å². The van der Waals surface area contributed by atoms with Gasteiger partial charge in [-0.3, -0.25) is 4.79 Å². The van der Waals surface area contributed by atoms with Gasteiger partial charge in [-0.15, -0.1) is 12.4 Å². The molecule has 4 heterocycles. The summed E-state index contributed by atoms with van der Waals surface area (Å²) in [7, 11) is -3.26. The Kier molecular flexibility index (Phi) is 6.44. The van der Waals surface area contributed by atoms with Crippen LogP contribution in [0, 0.1) is 5.92 Å². The molecule has 2 bridgehead atoms. The van der Waals surface area contributed by atoms with Gasteiger partial charge in [-0.05, 0) is 70.4 Å². The summed E-state index contributed by atoms with van der Waals surface area (Å²) in [5.41, 5.74) is 0.334. The minimum atomic E-state index is -3.26. The van der Waals surface area contributed by atoms with E-state index in [9.17, 15) is 13.2 Å². The van der Waals surface area contributed by atoms with E-state index in [1.165, 1.54) is 0 Å². The van der Waals surface area contributed by atoms with Gasteiger partial charge in [0.2, 0.25) is 10.0 Å². The van der Waals surface area contributed by atoms with Gasteiger partial charge >= 0.3 is 0 Å². The van der Waals surface area contributed by atoms with Crippen LogP contribution in [-0.2, 0) is 10.0 Å². The number of rotatable bonds is 6. The molecule has 30 heavy (non-hydrogen) atoms. The van der Waals surface area contributed by atoms with Gasteiger partial charge in [0, 0.05) is 30.1 Å². The zero-order chi connectivity index (χ0) is 20.0. The van der Waals surface area contributed by atoms with Crippen molar-refractivity contribution in [2.24, 2.45) is 5.92 Å². The van der Waals surface area contributed by atoms with E-state index < -0.39 is 10.0 Å². The molecular formula is C20H31ClN4O4S. The summed E-state index contributed by atoms with van der Waals surface area (Å²) < 4.78 is 33.3. The SMILES string of the molecule is Cl.O=C(NC1C[C@H]2CC[C@@H](C1)N2S(=O)(=O)CC1CCNCC1)c1cc(C2CC2)on1. The van der Waals surface area contributed by atoms with Gasteiger partial charge in [0.25, 0.3) is 5.91 Å². The Morgan fingerprint density at radius 1 is 1.13 bits per heavy atom. The van der Waals surface area contributed by atoms with Gasteiger partial charge in [-0.1, -0.05) is 5.16 Å². The van der Waals surface area contributed by atoms with E-state index >= 15 is 0 Å². The maximum Gasteiger partial charge on any atom is 0.273 e. The van der Waals surface area contributed by atoms with Gasteiger partial charge in [-0.2, -0.15) is 4.31 Å². The van der Waals surface area contributed by atoms with E-state index in [-0.39, 0.29) is 48.1 Å². The minimum absolute atomic E-state index is 0. The lowest BCUT2D eigenvalue weighted by Gasteiger charge is -2.39. The fourth-order valence-corrected chi connectivity index (χ4v) is 7.75. The van der Waals surface area contributed by atoms with Crippen LogP contribution in [0.5, 0.6) is 0 Å². The van der Waals surface area contributed by atoms with Crippen molar-refractivity contribution in [1.82, 2.24) is 20.1 Å². The molecule has 1 aromatic rings. The monoisotopic (exact) mass is 458 g/mol. The first-order chi connectivity index (χ1) is 14.0. The Bertz CT molecular complexity index is 852. The average Bonchev–Trinajstić information content (AvgIpc) is 3.34. The molecule has 1 aromatic heterocycles. The first kappa shape index (κ1) is 22.0. The van der Waals surface area contributed by atoms with Gasteiger partial charge < -0.3 is 15.2 Å². The summed E-state index contributed by atoms with van der Waals surface area (Å²) in [6.07, 6.45) is 7.20. The van der Waals surface area contributed by atoms with Crippen molar-refractivity contribution in [2.45, 2.75) is 75.4 Å². The lowest BCUT2D eigenvalue weighted by molar-refractivity contribution is 0.0900. The van der Waals surface area contributed by atoms with Crippen LogP contribution in [0.2, 0.25) is 0 Å². The van der Waals surface area contributed by atoms with Crippen LogP contribution in [0.4, 0.5) is 0 Å². The summed E-state index contributed by atoms with van der Waals surface area (Å²) in [6, 6.07) is 1.75. The molecule has 5 rings (SSSR count). The van der Waals surface area contributed by atoms with E-state index in [0.29, 0.717) is 24.5 Å². The molecule has 4 fully saturated rings. The number of amides is 1. The third-order valence-corrected chi connectivity index (χ3v) is 9.10. The van der Waals surface area contributed by atoms with Crippen LogP contribution in [-0.4, -0.2) is 60.8 Å². The zero-order valence-corrected chi connectivity index (χ0v) is 18.7. The Morgan fingerprint density at radius 3 is 2.43 bits per heavy atom. The Hall–Kier alpha value is -1.16. The lowest BCUT2D eigenvalue weighted by Crippen LogP contribution is -2.53. The molecule has 8 nitrogen and oxygen atoms in total. The Balaban J connectivity index is 0.00000218. The van der Waals surface area contributed by atoms with E-state index in [4.69, 9.17) is 4.52 Å². The largest absolute Gasteiger partial charge is 0.360 e. The van der Waals surface area contributed by atoms with Crippen LogP contribution in [0.25, 0.3) is 0 Å². The maximum absolute atomic E-state index is 13.1. The average molecular weight is 459 g/mol. The number of halogens is 1. The number of hydrogen-bond acceptors (Lipinski definition) is 6. The molecule has 3 saturated heterocycles. The van der Waals surface area contributed by atoms with E-state index in [0.717, 1.165) is 57.4 Å². The Morgan fingerprint density at radius 2 is 1.80 bits per heavy atom. The number of aromatic nitrogens is 1. The van der Waals surface area contributed by atoms with E-state index in [1.807, 2.05) is 0 Å². The fraction of sp³-hybridized carbons (Fsp3) is 0.800. The molecule has 2 N–H and O–H groups in total. The predicted octanol–water partition coefficient (Wildman–Crippen LogP) is 2.03. The van der Waals surface area contributed by atoms with Crippen LogP contribution in [0.3, 0.4) is 0 Å². The second-order valence-corrected chi connectivity index (χ2v) is 11.1. The normalized spacial score (nSPS) is 30.1. The van der Waals surface area contributed by atoms with Gasteiger partial charge in [0.1, 0.15) is 5.76 Å². The van der Waals surface area contributed by atoms with Crippen molar-refractivity contribution < 1.29 is 17.7 Å². The quantitative estimate of drug-likeness (QED) is 0.675. The van der Waals surface area contributed by atoms with Crippen LogP contribution >= 0.6 is 12.4 Å². The molecule has 1 saturated carbocycles. The highest BCUT2D eigenvalue weighted by Gasteiger charge is 2.47. The molecule has 0 spiro atoms. The molecule has 1 unspecified atom stereocenters. The van der Waals surface area contributed by atoms with Crippen molar-refractivity contribution in [3.8, 4) is 0 Å². The summed E-state index contributed by atoms with van der Waals surface area (Å²) in [4.78, 5) is 12.6. The van der Waals surface area contributed by atoms with E-state index in [1.54, 1.807) is 10.4 Å². The third kappa shape index (κ3) is 4.54. The van der Waals surface area contributed by atoms with E-state index in [2.05, 4.69) is 15.8 Å². The summed E-state index contributed by atoms with van der Waals surface area (Å²) >= 11 is 0. The number of fused-ring (bicyclic) bond motifs is 2. The predicted molar refractivity (Wildman–Crippen MR) is 114 cm³/mol. The van der Waals surface area contributed by atoms with Crippen molar-refractivity contribution in [1.29, 1.82) is 0 Å². The number of sulfonamides is 1. The third-order valence-electron chi connectivity index (χ3n) is 6.97. The summed E-state index contributed by atoms with van der Waals surface area (Å²) in [5.74, 6) is 1.53. The molecule has 3 aliphatic heterocycles. The number of piperidine rings is 2. The molecule has 4 aliphatic rings. The number of nitrogens with one attached hydrogen (secondary N) is 2. The van der Waals surface area contributed by atoms with Crippen molar-refractivity contribution >= 4 is 28.3 Å². The second-order valence-electron chi connectivity index (χ2n) is 9.22. The smallest absolute Gasteiger partial charge is 0.273 e. The first-order valence-electron chi connectivity index (χ1n) is 11.0. The van der Waals surface area contributed by atoms with Crippen LogP contribution in [0.15, 0.2) is 10.6 Å². The Labute approximate surface area is 184 Å². The summed E-state index contributed by atoms with van der Waals surface area (Å²) in [5, 5.41) is 10.3. The molecule has 10 heteroatoms. The topological polar surface area (TPSA) is 105 Å². The van der Waals surface area contributed by atoms with Crippen molar-refractivity contribution in [3.05, 3.63) is 17.5 Å². The highest BCUT2D eigenvalue weighted by Crippen LogP contribution is 2.41. The van der Waals surface area contributed by atoms with Crippen molar-refractivity contribution in [2.75, 3.05) is 18.8 Å². The minimum Gasteiger partial charge on any atom is -0.360 e. The highest BCUT2D eigenvalue weighted by molar-refractivity contribution is 7.89. The maximum atomic E-state index is 13.1. The fourth-order valence-electron chi connectivity index (χ4n) is 5.35. The second kappa shape index (κ2) is 8.76.